The molecule has 0 bridgehead atoms. The van der Waals surface area contributed by atoms with E-state index in [4.69, 9.17) is 15.9 Å². The molecule has 1 aliphatic rings. The molecule has 0 spiro atoms. The Morgan fingerprint density at radius 2 is 2.27 bits per heavy atom. The second-order valence-corrected chi connectivity index (χ2v) is 9.39. The van der Waals surface area contributed by atoms with E-state index < -0.39 is 6.10 Å². The molecule has 0 fully saturated rings. The molecular formula is C26H34N2O4S. The first-order valence-corrected chi connectivity index (χ1v) is 12.4. The number of terminal acetylenes is 1. The lowest BCUT2D eigenvalue weighted by atomic mass is 10.0. The number of rotatable bonds is 12. The van der Waals surface area contributed by atoms with Crippen LogP contribution in [-0.4, -0.2) is 72.9 Å². The number of aliphatic hydroxyl groups is 1. The van der Waals surface area contributed by atoms with Gasteiger partial charge in [0.2, 0.25) is 5.91 Å². The summed E-state index contributed by atoms with van der Waals surface area (Å²) in [6.07, 6.45) is 6.25. The van der Waals surface area contributed by atoms with E-state index in [1.54, 1.807) is 11.3 Å². The zero-order valence-corrected chi connectivity index (χ0v) is 20.4. The van der Waals surface area contributed by atoms with E-state index in [-0.39, 0.29) is 31.7 Å². The molecule has 0 unspecified atom stereocenters. The largest absolute Gasteiger partial charge is 0.491 e. The molecule has 0 radical (unpaired) electrons. The first-order valence-electron chi connectivity index (χ1n) is 11.5. The lowest BCUT2D eigenvalue weighted by molar-refractivity contribution is -0.136. The molecule has 0 saturated carbocycles. The van der Waals surface area contributed by atoms with Crippen molar-refractivity contribution in [1.82, 2.24) is 9.80 Å². The van der Waals surface area contributed by atoms with Crippen LogP contribution in [0.1, 0.15) is 35.4 Å². The highest BCUT2D eigenvalue weighted by Crippen LogP contribution is 2.34. The highest BCUT2D eigenvalue weighted by atomic mass is 32.1. The molecule has 1 aromatic carbocycles. The lowest BCUT2D eigenvalue weighted by Gasteiger charge is -2.37. The fourth-order valence-corrected chi connectivity index (χ4v) is 5.12. The van der Waals surface area contributed by atoms with Crippen LogP contribution in [0, 0.1) is 19.3 Å². The van der Waals surface area contributed by atoms with Crippen molar-refractivity contribution < 1.29 is 19.4 Å². The van der Waals surface area contributed by atoms with Crippen molar-refractivity contribution in [3.8, 4) is 18.1 Å². The quantitative estimate of drug-likeness (QED) is 0.381. The minimum Gasteiger partial charge on any atom is -0.491 e. The summed E-state index contributed by atoms with van der Waals surface area (Å²) in [5, 5.41) is 12.4. The number of aliphatic hydroxyl groups excluding tert-OH is 1. The van der Waals surface area contributed by atoms with Crippen molar-refractivity contribution in [3.63, 3.8) is 0 Å². The second-order valence-electron chi connectivity index (χ2n) is 8.39. The summed E-state index contributed by atoms with van der Waals surface area (Å²) in [5.41, 5.74) is 2.32. The van der Waals surface area contributed by atoms with Crippen molar-refractivity contribution in [2.45, 2.75) is 38.8 Å². The molecule has 2 atom stereocenters. The lowest BCUT2D eigenvalue weighted by Crippen LogP contribution is -2.48. The summed E-state index contributed by atoms with van der Waals surface area (Å²) < 4.78 is 11.4. The maximum atomic E-state index is 13.4. The topological polar surface area (TPSA) is 62.2 Å². The SMILES string of the molecule is C#CCOC[C@H](O)CN(CCC)CC(=O)N1CCc2sccc2[C@@H]1COc1cccc(C)c1. The predicted octanol–water partition coefficient (Wildman–Crippen LogP) is 3.28. The van der Waals surface area contributed by atoms with E-state index in [9.17, 15) is 9.90 Å². The van der Waals surface area contributed by atoms with Gasteiger partial charge in [0.25, 0.3) is 0 Å². The fourth-order valence-electron chi connectivity index (χ4n) is 4.19. The Balaban J connectivity index is 1.67. The van der Waals surface area contributed by atoms with Gasteiger partial charge in [0.1, 0.15) is 19.0 Å². The number of hydrogen-bond acceptors (Lipinski definition) is 6. The maximum absolute atomic E-state index is 13.4. The number of aryl methyl sites for hydroxylation is 1. The molecule has 7 heteroatoms. The molecule has 33 heavy (non-hydrogen) atoms. The third-order valence-electron chi connectivity index (χ3n) is 5.68. The van der Waals surface area contributed by atoms with Crippen LogP contribution < -0.4 is 4.74 Å². The van der Waals surface area contributed by atoms with Gasteiger partial charge in [0, 0.05) is 18.0 Å². The highest BCUT2D eigenvalue weighted by molar-refractivity contribution is 7.10. The van der Waals surface area contributed by atoms with Gasteiger partial charge in [0.15, 0.2) is 0 Å². The van der Waals surface area contributed by atoms with Crippen LogP contribution in [-0.2, 0) is 16.0 Å². The third-order valence-corrected chi connectivity index (χ3v) is 6.67. The monoisotopic (exact) mass is 470 g/mol. The van der Waals surface area contributed by atoms with Gasteiger partial charge in [-0.1, -0.05) is 25.0 Å². The van der Waals surface area contributed by atoms with Gasteiger partial charge in [-0.15, -0.1) is 17.8 Å². The van der Waals surface area contributed by atoms with Gasteiger partial charge in [-0.3, -0.25) is 9.69 Å². The number of amides is 1. The zero-order chi connectivity index (χ0) is 23.6. The van der Waals surface area contributed by atoms with Gasteiger partial charge in [-0.05, 0) is 61.0 Å². The second kappa shape index (κ2) is 12.8. The highest BCUT2D eigenvalue weighted by Gasteiger charge is 2.33. The van der Waals surface area contributed by atoms with E-state index in [1.165, 1.54) is 10.4 Å². The number of carbonyl (C=O) groups excluding carboxylic acids is 1. The Hall–Kier alpha value is -2.37. The number of ether oxygens (including phenoxy) is 2. The number of nitrogens with zero attached hydrogens (tertiary/aromatic N) is 2. The van der Waals surface area contributed by atoms with Crippen LogP contribution in [0.2, 0.25) is 0 Å². The smallest absolute Gasteiger partial charge is 0.237 e. The molecule has 1 N–H and O–H groups in total. The number of hydrogen-bond donors (Lipinski definition) is 1. The van der Waals surface area contributed by atoms with E-state index >= 15 is 0 Å². The van der Waals surface area contributed by atoms with Gasteiger partial charge in [0.05, 0.1) is 25.3 Å². The molecule has 0 aliphatic carbocycles. The van der Waals surface area contributed by atoms with Crippen LogP contribution in [0.5, 0.6) is 5.75 Å². The fraction of sp³-hybridized carbons (Fsp3) is 0.500. The summed E-state index contributed by atoms with van der Waals surface area (Å²) in [5.74, 6) is 3.26. The summed E-state index contributed by atoms with van der Waals surface area (Å²) in [6.45, 7) is 6.85. The van der Waals surface area contributed by atoms with Crippen LogP contribution in [0.15, 0.2) is 35.7 Å². The Labute approximate surface area is 201 Å². The molecule has 0 saturated heterocycles. The van der Waals surface area contributed by atoms with Crippen LogP contribution in [0.4, 0.5) is 0 Å². The van der Waals surface area contributed by atoms with Crippen LogP contribution in [0.3, 0.4) is 0 Å². The maximum Gasteiger partial charge on any atom is 0.237 e. The molecule has 1 aliphatic heterocycles. The van der Waals surface area contributed by atoms with Gasteiger partial charge >= 0.3 is 0 Å². The summed E-state index contributed by atoms with van der Waals surface area (Å²) >= 11 is 1.74. The summed E-state index contributed by atoms with van der Waals surface area (Å²) in [4.78, 5) is 18.7. The zero-order valence-electron chi connectivity index (χ0n) is 19.5. The molecule has 1 amide bonds. The van der Waals surface area contributed by atoms with Gasteiger partial charge < -0.3 is 19.5 Å². The molecule has 1 aromatic heterocycles. The number of fused-ring (bicyclic) bond motifs is 1. The van der Waals surface area contributed by atoms with E-state index in [2.05, 4.69) is 24.3 Å². The van der Waals surface area contributed by atoms with Crippen LogP contribution in [0.25, 0.3) is 0 Å². The standard InChI is InChI=1S/C26H34N2O4S/c1-4-11-27(16-21(29)18-31-13-5-2)17-26(30)28-12-9-25-23(10-14-33-25)24(28)19-32-22-8-6-7-20(3)15-22/h2,6-8,10,14-15,21,24,29H,4,9,11-13,16-19H2,1,3H3/t21-,24+/m1/s1. The normalized spacial score (nSPS) is 16.3. The van der Waals surface area contributed by atoms with Crippen molar-refractivity contribution in [2.75, 3.05) is 46.0 Å². The summed E-state index contributed by atoms with van der Waals surface area (Å²) in [6, 6.07) is 9.96. The first kappa shape index (κ1) is 25.3. The minimum absolute atomic E-state index is 0.0508. The Kier molecular flexibility index (Phi) is 9.76. The van der Waals surface area contributed by atoms with Crippen molar-refractivity contribution >= 4 is 17.2 Å². The first-order chi connectivity index (χ1) is 16.0. The summed E-state index contributed by atoms with van der Waals surface area (Å²) in [7, 11) is 0. The Morgan fingerprint density at radius 1 is 1.42 bits per heavy atom. The third kappa shape index (κ3) is 7.31. The molecule has 2 heterocycles. The van der Waals surface area contributed by atoms with E-state index in [0.29, 0.717) is 19.7 Å². The Bertz CT molecular complexity index is 938. The van der Waals surface area contributed by atoms with Gasteiger partial charge in [-0.2, -0.15) is 0 Å². The van der Waals surface area contributed by atoms with E-state index in [0.717, 1.165) is 30.7 Å². The average Bonchev–Trinajstić information content (AvgIpc) is 3.27. The van der Waals surface area contributed by atoms with E-state index in [1.807, 2.05) is 41.0 Å². The molecule has 178 valence electrons. The molecule has 2 aromatic rings. The average molecular weight is 471 g/mol. The molecular weight excluding hydrogens is 436 g/mol. The minimum atomic E-state index is -0.692. The van der Waals surface area contributed by atoms with Crippen molar-refractivity contribution in [1.29, 1.82) is 0 Å². The Morgan fingerprint density at radius 3 is 3.03 bits per heavy atom. The number of carbonyl (C=O) groups is 1. The van der Waals surface area contributed by atoms with Gasteiger partial charge in [-0.25, -0.2) is 0 Å². The van der Waals surface area contributed by atoms with Crippen molar-refractivity contribution in [2.24, 2.45) is 0 Å². The predicted molar refractivity (Wildman–Crippen MR) is 132 cm³/mol. The number of thiophene rings is 1. The van der Waals surface area contributed by atoms with Crippen molar-refractivity contribution in [3.05, 3.63) is 51.7 Å². The molecule has 3 rings (SSSR count). The molecule has 6 nitrogen and oxygen atoms in total. The number of benzene rings is 1. The van der Waals surface area contributed by atoms with Crippen LogP contribution >= 0.6 is 11.3 Å².